The predicted octanol–water partition coefficient (Wildman–Crippen LogP) is 4.07. The second-order valence-corrected chi connectivity index (χ2v) is 2.68. The Morgan fingerprint density at radius 1 is 1.08 bits per heavy atom. The molecule has 0 aliphatic heterocycles. The van der Waals surface area contributed by atoms with Crippen LogP contribution in [-0.4, -0.2) is 0 Å². The Hall–Kier alpha value is -0.780. The maximum atomic E-state index is 3.59. The summed E-state index contributed by atoms with van der Waals surface area (Å²) in [5, 5.41) is 0. The van der Waals surface area contributed by atoms with E-state index in [0.717, 1.165) is 0 Å². The van der Waals surface area contributed by atoms with E-state index in [1.807, 2.05) is 12.2 Å². The SMILES string of the molecule is C=C/C=C/C=C/CCC[CH]CC. The van der Waals surface area contributed by atoms with E-state index in [4.69, 9.17) is 0 Å². The Bertz CT molecular complexity index is 140. The topological polar surface area (TPSA) is 0 Å². The molecule has 0 aromatic carbocycles. The molecule has 0 rings (SSSR count). The van der Waals surface area contributed by atoms with Gasteiger partial charge in [0.25, 0.3) is 0 Å². The molecule has 0 saturated carbocycles. The lowest BCUT2D eigenvalue weighted by atomic mass is 10.1. The van der Waals surface area contributed by atoms with E-state index in [1.54, 1.807) is 6.08 Å². The van der Waals surface area contributed by atoms with Crippen molar-refractivity contribution in [2.24, 2.45) is 0 Å². The summed E-state index contributed by atoms with van der Waals surface area (Å²) in [4.78, 5) is 0. The Morgan fingerprint density at radius 2 is 1.92 bits per heavy atom. The minimum atomic E-state index is 1.18. The molecule has 0 unspecified atom stereocenters. The highest BCUT2D eigenvalue weighted by atomic mass is 13.9. The van der Waals surface area contributed by atoms with Crippen molar-refractivity contribution >= 4 is 0 Å². The third-order valence-corrected chi connectivity index (χ3v) is 1.56. The van der Waals surface area contributed by atoms with Crippen molar-refractivity contribution in [3.05, 3.63) is 43.4 Å². The van der Waals surface area contributed by atoms with Crippen molar-refractivity contribution in [1.82, 2.24) is 0 Å². The van der Waals surface area contributed by atoms with E-state index >= 15 is 0 Å². The van der Waals surface area contributed by atoms with Crippen LogP contribution in [0.15, 0.2) is 37.0 Å². The minimum absolute atomic E-state index is 1.18. The van der Waals surface area contributed by atoms with E-state index < -0.39 is 0 Å². The van der Waals surface area contributed by atoms with Crippen LogP contribution in [-0.2, 0) is 0 Å². The van der Waals surface area contributed by atoms with Crippen LogP contribution in [0, 0.1) is 6.42 Å². The summed E-state index contributed by atoms with van der Waals surface area (Å²) in [7, 11) is 0. The fourth-order valence-corrected chi connectivity index (χ4v) is 0.902. The van der Waals surface area contributed by atoms with Gasteiger partial charge in [-0.25, -0.2) is 0 Å². The molecular formula is C12H19. The van der Waals surface area contributed by atoms with Gasteiger partial charge in [-0.1, -0.05) is 50.3 Å². The monoisotopic (exact) mass is 163 g/mol. The van der Waals surface area contributed by atoms with Gasteiger partial charge in [-0.05, 0) is 25.7 Å². The first kappa shape index (κ1) is 11.2. The molecule has 1 radical (unpaired) electrons. The number of rotatable bonds is 7. The smallest absolute Gasteiger partial charge is 0.0348 e. The molecule has 0 spiro atoms. The number of hydrogen-bond acceptors (Lipinski definition) is 0. The van der Waals surface area contributed by atoms with Gasteiger partial charge in [0, 0.05) is 0 Å². The van der Waals surface area contributed by atoms with Crippen molar-refractivity contribution in [3.63, 3.8) is 0 Å². The summed E-state index contributed by atoms with van der Waals surface area (Å²) >= 11 is 0. The zero-order chi connectivity index (χ0) is 9.07. The van der Waals surface area contributed by atoms with Gasteiger partial charge in [0.05, 0.1) is 0 Å². The molecule has 0 nitrogen and oxygen atoms in total. The summed E-state index contributed by atoms with van der Waals surface area (Å²) in [6, 6.07) is 0. The number of allylic oxidation sites excluding steroid dienone is 5. The molecule has 0 aromatic rings. The highest BCUT2D eigenvalue weighted by molar-refractivity contribution is 5.08. The zero-order valence-corrected chi connectivity index (χ0v) is 8.00. The fourth-order valence-electron chi connectivity index (χ4n) is 0.902. The molecule has 0 bridgehead atoms. The summed E-state index contributed by atoms with van der Waals surface area (Å²) in [6.45, 7) is 5.78. The summed E-state index contributed by atoms with van der Waals surface area (Å²) in [5.74, 6) is 0. The Labute approximate surface area is 76.7 Å². The van der Waals surface area contributed by atoms with Gasteiger partial charge in [0.15, 0.2) is 0 Å². The Balaban J connectivity index is 3.13. The highest BCUT2D eigenvalue weighted by Crippen LogP contribution is 2.01. The van der Waals surface area contributed by atoms with Crippen molar-refractivity contribution in [3.8, 4) is 0 Å². The molecule has 0 aromatic heterocycles. The number of hydrogen-bond donors (Lipinski definition) is 0. The van der Waals surface area contributed by atoms with Crippen LogP contribution < -0.4 is 0 Å². The lowest BCUT2D eigenvalue weighted by Gasteiger charge is -1.92. The molecule has 0 aliphatic carbocycles. The largest absolute Gasteiger partial charge is 0.0991 e. The molecule has 0 aliphatic rings. The molecule has 0 amide bonds. The first-order chi connectivity index (χ1) is 5.91. The number of unbranched alkanes of at least 4 members (excludes halogenated alkanes) is 4. The first-order valence-electron chi connectivity index (χ1n) is 4.67. The van der Waals surface area contributed by atoms with Crippen LogP contribution in [0.4, 0.5) is 0 Å². The average molecular weight is 163 g/mol. The van der Waals surface area contributed by atoms with Crippen molar-refractivity contribution in [1.29, 1.82) is 0 Å². The van der Waals surface area contributed by atoms with Crippen molar-refractivity contribution < 1.29 is 0 Å². The normalized spacial score (nSPS) is 11.4. The van der Waals surface area contributed by atoms with E-state index in [0.29, 0.717) is 0 Å². The van der Waals surface area contributed by atoms with Crippen molar-refractivity contribution in [2.75, 3.05) is 0 Å². The molecule has 0 atom stereocenters. The van der Waals surface area contributed by atoms with Gasteiger partial charge >= 0.3 is 0 Å². The molecule has 0 N–H and O–H groups in total. The third-order valence-electron chi connectivity index (χ3n) is 1.56. The summed E-state index contributed by atoms with van der Waals surface area (Å²) < 4.78 is 0. The molecule has 0 saturated heterocycles. The van der Waals surface area contributed by atoms with Gasteiger partial charge in [-0.15, -0.1) is 0 Å². The lowest BCUT2D eigenvalue weighted by molar-refractivity contribution is 0.797. The quantitative estimate of drug-likeness (QED) is 0.392. The standard InChI is InChI=1S/C12H19/c1-3-5-7-9-11-12-10-8-6-4-2/h3,5-7,9,11H,1,4,8,10,12H2,2H3/b7-5+,11-9+. The van der Waals surface area contributed by atoms with Crippen LogP contribution in [0.3, 0.4) is 0 Å². The fraction of sp³-hybridized carbons (Fsp3) is 0.417. The van der Waals surface area contributed by atoms with Gasteiger partial charge in [0.1, 0.15) is 0 Å². The van der Waals surface area contributed by atoms with Crippen LogP contribution in [0.25, 0.3) is 0 Å². The van der Waals surface area contributed by atoms with Crippen LogP contribution in [0.2, 0.25) is 0 Å². The predicted molar refractivity (Wildman–Crippen MR) is 56.9 cm³/mol. The van der Waals surface area contributed by atoms with Crippen molar-refractivity contribution in [2.45, 2.75) is 32.6 Å². The third kappa shape index (κ3) is 9.22. The molecule has 12 heavy (non-hydrogen) atoms. The van der Waals surface area contributed by atoms with Gasteiger partial charge in [0.2, 0.25) is 0 Å². The highest BCUT2D eigenvalue weighted by Gasteiger charge is 1.83. The molecule has 0 fully saturated rings. The van der Waals surface area contributed by atoms with Gasteiger partial charge < -0.3 is 0 Å². The average Bonchev–Trinajstić information content (AvgIpc) is 2.10. The Kier molecular flexibility index (Phi) is 9.56. The maximum absolute atomic E-state index is 3.59. The lowest BCUT2D eigenvalue weighted by Crippen LogP contribution is -1.74. The van der Waals surface area contributed by atoms with Crippen LogP contribution >= 0.6 is 0 Å². The van der Waals surface area contributed by atoms with E-state index in [1.165, 1.54) is 25.7 Å². The molecule has 67 valence electrons. The van der Waals surface area contributed by atoms with E-state index in [9.17, 15) is 0 Å². The molecule has 0 heterocycles. The van der Waals surface area contributed by atoms with Gasteiger partial charge in [-0.2, -0.15) is 0 Å². The second kappa shape index (κ2) is 10.2. The van der Waals surface area contributed by atoms with Crippen LogP contribution in [0.1, 0.15) is 32.6 Å². The van der Waals surface area contributed by atoms with E-state index in [-0.39, 0.29) is 0 Å². The molecule has 0 heteroatoms. The second-order valence-electron chi connectivity index (χ2n) is 2.68. The molecular weight excluding hydrogens is 144 g/mol. The van der Waals surface area contributed by atoms with E-state index in [2.05, 4.69) is 32.1 Å². The van der Waals surface area contributed by atoms with Crippen LogP contribution in [0.5, 0.6) is 0 Å². The summed E-state index contributed by atoms with van der Waals surface area (Å²) in [5.41, 5.74) is 0. The van der Waals surface area contributed by atoms with Gasteiger partial charge in [-0.3, -0.25) is 0 Å². The minimum Gasteiger partial charge on any atom is -0.0991 e. The first-order valence-corrected chi connectivity index (χ1v) is 4.67. The zero-order valence-electron chi connectivity index (χ0n) is 8.00. The Morgan fingerprint density at radius 3 is 2.58 bits per heavy atom. The maximum Gasteiger partial charge on any atom is -0.0348 e. The summed E-state index contributed by atoms with van der Waals surface area (Å²) in [6.07, 6.45) is 17.2.